The molecule has 0 bridgehead atoms. The van der Waals surface area contributed by atoms with Crippen LogP contribution in [0.25, 0.3) is 0 Å². The molecular weight excluding hydrogens is 190 g/mol. The van der Waals surface area contributed by atoms with E-state index in [2.05, 4.69) is 25.6 Å². The summed E-state index contributed by atoms with van der Waals surface area (Å²) in [4.78, 5) is 12.2. The maximum Gasteiger partial charge on any atom is 0.224 e. The lowest BCUT2D eigenvalue weighted by Crippen LogP contribution is -1.99. The second-order valence-corrected chi connectivity index (χ2v) is 2.88. The number of nitrogens with zero attached hydrogens (tertiary/aromatic N) is 3. The van der Waals surface area contributed by atoms with E-state index < -0.39 is 0 Å². The van der Waals surface area contributed by atoms with Crippen molar-refractivity contribution >= 4 is 17.5 Å². The van der Waals surface area contributed by atoms with Gasteiger partial charge >= 0.3 is 0 Å². The summed E-state index contributed by atoms with van der Waals surface area (Å²) in [5, 5.41) is 6.03. The molecule has 2 aromatic heterocycles. The number of aromatic nitrogens is 3. The fourth-order valence-corrected chi connectivity index (χ4v) is 1.13. The predicted molar refractivity (Wildman–Crippen MR) is 59.1 cm³/mol. The van der Waals surface area contributed by atoms with Crippen molar-refractivity contribution in [1.29, 1.82) is 0 Å². The minimum absolute atomic E-state index is 0.592. The van der Waals surface area contributed by atoms with Gasteiger partial charge in [0.1, 0.15) is 5.82 Å². The van der Waals surface area contributed by atoms with Crippen molar-refractivity contribution in [2.75, 3.05) is 17.7 Å². The number of anilines is 3. The van der Waals surface area contributed by atoms with Crippen molar-refractivity contribution in [3.8, 4) is 0 Å². The quantitative estimate of drug-likeness (QED) is 0.790. The van der Waals surface area contributed by atoms with E-state index in [1.807, 2.05) is 12.1 Å². The first-order chi connectivity index (χ1) is 7.38. The van der Waals surface area contributed by atoms with Gasteiger partial charge in [0, 0.05) is 31.3 Å². The topological polar surface area (TPSA) is 62.7 Å². The van der Waals surface area contributed by atoms with Crippen LogP contribution in [0.5, 0.6) is 0 Å². The number of pyridine rings is 1. The first-order valence-corrected chi connectivity index (χ1v) is 4.56. The summed E-state index contributed by atoms with van der Waals surface area (Å²) >= 11 is 0. The average Bonchev–Trinajstić information content (AvgIpc) is 2.31. The van der Waals surface area contributed by atoms with Crippen LogP contribution in [0.15, 0.2) is 36.8 Å². The molecule has 5 nitrogen and oxygen atoms in total. The molecule has 0 amide bonds. The van der Waals surface area contributed by atoms with Crippen molar-refractivity contribution < 1.29 is 0 Å². The van der Waals surface area contributed by atoms with Crippen molar-refractivity contribution in [2.45, 2.75) is 0 Å². The van der Waals surface area contributed by atoms with Gasteiger partial charge in [-0.1, -0.05) is 0 Å². The molecule has 0 aliphatic carbocycles. The van der Waals surface area contributed by atoms with Crippen molar-refractivity contribution in [3.63, 3.8) is 0 Å². The van der Waals surface area contributed by atoms with E-state index >= 15 is 0 Å². The van der Waals surface area contributed by atoms with E-state index in [1.54, 1.807) is 31.7 Å². The van der Waals surface area contributed by atoms with Gasteiger partial charge in [-0.3, -0.25) is 4.98 Å². The largest absolute Gasteiger partial charge is 0.357 e. The van der Waals surface area contributed by atoms with E-state index in [4.69, 9.17) is 0 Å². The number of nitrogens with one attached hydrogen (secondary N) is 2. The zero-order chi connectivity index (χ0) is 10.5. The first-order valence-electron chi connectivity index (χ1n) is 4.56. The van der Waals surface area contributed by atoms with Crippen LogP contribution in [0.1, 0.15) is 0 Å². The normalized spacial score (nSPS) is 9.67. The fourth-order valence-electron chi connectivity index (χ4n) is 1.13. The lowest BCUT2D eigenvalue weighted by atomic mass is 10.4. The Morgan fingerprint density at radius 2 is 1.87 bits per heavy atom. The zero-order valence-corrected chi connectivity index (χ0v) is 8.31. The van der Waals surface area contributed by atoms with Gasteiger partial charge in [0.05, 0.1) is 0 Å². The number of hydrogen-bond donors (Lipinski definition) is 2. The average molecular weight is 201 g/mol. The number of hydrogen-bond acceptors (Lipinski definition) is 5. The van der Waals surface area contributed by atoms with Crippen molar-refractivity contribution in [3.05, 3.63) is 36.8 Å². The van der Waals surface area contributed by atoms with E-state index in [0.717, 1.165) is 11.5 Å². The molecule has 0 aliphatic rings. The van der Waals surface area contributed by atoms with Gasteiger partial charge in [0.25, 0.3) is 0 Å². The molecule has 0 saturated heterocycles. The van der Waals surface area contributed by atoms with Crippen LogP contribution in [0, 0.1) is 0 Å². The lowest BCUT2D eigenvalue weighted by Gasteiger charge is -2.05. The highest BCUT2D eigenvalue weighted by Gasteiger charge is 1.97. The zero-order valence-electron chi connectivity index (χ0n) is 8.31. The van der Waals surface area contributed by atoms with Crippen molar-refractivity contribution in [1.82, 2.24) is 15.0 Å². The van der Waals surface area contributed by atoms with Gasteiger partial charge in [0.2, 0.25) is 5.95 Å². The molecule has 0 atom stereocenters. The molecule has 2 rings (SSSR count). The highest BCUT2D eigenvalue weighted by Crippen LogP contribution is 2.13. The Hall–Kier alpha value is -2.17. The third kappa shape index (κ3) is 2.40. The van der Waals surface area contributed by atoms with E-state index in [1.165, 1.54) is 0 Å². The molecule has 2 N–H and O–H groups in total. The molecular formula is C10H11N5. The molecule has 2 heterocycles. The molecule has 0 aliphatic heterocycles. The highest BCUT2D eigenvalue weighted by molar-refractivity contribution is 5.55. The number of rotatable bonds is 3. The summed E-state index contributed by atoms with van der Waals surface area (Å²) in [5.41, 5.74) is 0.950. The smallest absolute Gasteiger partial charge is 0.224 e. The molecule has 0 aromatic carbocycles. The third-order valence-corrected chi connectivity index (χ3v) is 1.83. The molecule has 0 spiro atoms. The fraction of sp³-hybridized carbons (Fsp3) is 0.100. The minimum atomic E-state index is 0.592. The van der Waals surface area contributed by atoms with Crippen LogP contribution in [-0.4, -0.2) is 22.0 Å². The van der Waals surface area contributed by atoms with Crippen molar-refractivity contribution in [2.24, 2.45) is 0 Å². The molecule has 0 saturated carbocycles. The Morgan fingerprint density at radius 1 is 1.07 bits per heavy atom. The molecule has 0 fully saturated rings. The molecule has 2 aromatic rings. The Balaban J connectivity index is 2.17. The Bertz CT molecular complexity index is 429. The van der Waals surface area contributed by atoms with Gasteiger partial charge < -0.3 is 10.6 Å². The van der Waals surface area contributed by atoms with Crippen LogP contribution in [0.4, 0.5) is 17.5 Å². The Kier molecular flexibility index (Phi) is 2.73. The summed E-state index contributed by atoms with van der Waals surface area (Å²) in [5.74, 6) is 1.34. The van der Waals surface area contributed by atoms with Crippen LogP contribution in [0.2, 0.25) is 0 Å². The highest BCUT2D eigenvalue weighted by atomic mass is 15.1. The lowest BCUT2D eigenvalue weighted by molar-refractivity contribution is 1.15. The minimum Gasteiger partial charge on any atom is -0.357 e. The maximum atomic E-state index is 4.23. The maximum absolute atomic E-state index is 4.23. The third-order valence-electron chi connectivity index (χ3n) is 1.83. The van der Waals surface area contributed by atoms with E-state index in [9.17, 15) is 0 Å². The van der Waals surface area contributed by atoms with Gasteiger partial charge in [-0.15, -0.1) is 0 Å². The van der Waals surface area contributed by atoms with E-state index in [0.29, 0.717) is 5.95 Å². The van der Waals surface area contributed by atoms with Gasteiger partial charge in [-0.2, -0.15) is 4.98 Å². The molecule has 0 unspecified atom stereocenters. The van der Waals surface area contributed by atoms with Gasteiger partial charge in [0.15, 0.2) is 0 Å². The Morgan fingerprint density at radius 3 is 2.60 bits per heavy atom. The van der Waals surface area contributed by atoms with Gasteiger partial charge in [-0.05, 0) is 18.2 Å². The summed E-state index contributed by atoms with van der Waals surface area (Å²) < 4.78 is 0. The van der Waals surface area contributed by atoms with Crippen LogP contribution < -0.4 is 10.6 Å². The first kappa shape index (κ1) is 9.39. The summed E-state index contributed by atoms with van der Waals surface area (Å²) in [7, 11) is 1.78. The van der Waals surface area contributed by atoms with Crippen LogP contribution >= 0.6 is 0 Å². The Labute approximate surface area is 87.6 Å². The molecule has 0 radical (unpaired) electrons. The van der Waals surface area contributed by atoms with Crippen LogP contribution in [0.3, 0.4) is 0 Å². The van der Waals surface area contributed by atoms with Crippen LogP contribution in [-0.2, 0) is 0 Å². The second kappa shape index (κ2) is 4.36. The SMILES string of the molecule is CNc1nccc(Nc2ccncc2)n1. The van der Waals surface area contributed by atoms with E-state index in [-0.39, 0.29) is 0 Å². The predicted octanol–water partition coefficient (Wildman–Crippen LogP) is 1.66. The summed E-state index contributed by atoms with van der Waals surface area (Å²) in [6, 6.07) is 5.56. The summed E-state index contributed by atoms with van der Waals surface area (Å²) in [6.07, 6.45) is 5.15. The standard InChI is InChI=1S/C10H11N5/c1-11-10-13-7-4-9(15-10)14-8-2-5-12-6-3-8/h2-7H,1H3,(H2,11,12,13,14,15). The summed E-state index contributed by atoms with van der Waals surface area (Å²) in [6.45, 7) is 0. The molecule has 76 valence electrons. The molecule has 15 heavy (non-hydrogen) atoms. The molecule has 5 heteroatoms. The van der Waals surface area contributed by atoms with Gasteiger partial charge in [-0.25, -0.2) is 4.98 Å². The monoisotopic (exact) mass is 201 g/mol. The second-order valence-electron chi connectivity index (χ2n) is 2.88.